The number of rotatable bonds is 18. The van der Waals surface area contributed by atoms with Gasteiger partial charge in [-0.2, -0.15) is 8.78 Å². The summed E-state index contributed by atoms with van der Waals surface area (Å²) in [5.41, 5.74) is 26.4. The molecule has 0 bridgehead atoms. The molecule has 10 rings (SSSR count). The van der Waals surface area contributed by atoms with Crippen LogP contribution in [0.4, 0.5) is 25.8 Å². The number of carboxylic acid groups (broad SMARTS) is 2. The van der Waals surface area contributed by atoms with Crippen molar-refractivity contribution in [1.82, 2.24) is 0 Å². The van der Waals surface area contributed by atoms with Gasteiger partial charge in [0.2, 0.25) is 17.7 Å². The number of carboxylic acids is 2. The first kappa shape index (κ1) is 69.7. The molecule has 0 aromatic heterocycles. The molecule has 476 valence electrons. The standard InChI is InChI=1S/C24H26N2O3.C19H15NO3.C18H16N2O.C10H12F2O3.CH6BNO/c25-15-17-29-16-14-22(27)9-5-11-24(28)26-18-21-8-2-1-6-19(21)12-13-20-7-3-4-10-23(20)26;21-18(11-12-19(22)23)20-13-16-7-2-1-5-14(16)9-10-15-6-3-4-8-17(15)20;19-12-11-18(21)20-13-16-7-2-1-5-14(16)9-10-15-6-3-4-8-17(15)20;11-10(12)5-2-1-3-8(4-6-10)15-7-9(13)14;3-1-2-4/h1-4,6-8,10H,5,9,11,14-18,25H2;1-8H,11-13H2,(H,22,23);1-8H,11-13,19H2;8H,1,3-4,6-7H2,(H,13,14);2,4H,1,3H2/i;;;;2D. The molecule has 0 saturated carbocycles. The minimum Gasteiger partial charge on any atom is -0.481 e. The van der Waals surface area contributed by atoms with E-state index in [1.807, 2.05) is 152 Å². The molecule has 6 aromatic rings. The Morgan fingerprint density at radius 1 is 0.533 bits per heavy atom. The number of ether oxygens (including phenoxy) is 2. The second-order valence-electron chi connectivity index (χ2n) is 21.0. The van der Waals surface area contributed by atoms with Crippen molar-refractivity contribution in [2.45, 2.75) is 102 Å². The zero-order valence-electron chi connectivity index (χ0n) is 52.1. The van der Waals surface area contributed by atoms with Gasteiger partial charge in [-0.05, 0) is 103 Å². The zero-order valence-corrected chi connectivity index (χ0v) is 51.1. The number of aliphatic carboxylic acids is 2. The van der Waals surface area contributed by atoms with E-state index in [0.29, 0.717) is 90.9 Å². The molecule has 0 fully saturated rings. The van der Waals surface area contributed by atoms with E-state index in [9.17, 15) is 37.5 Å². The van der Waals surface area contributed by atoms with Crippen molar-refractivity contribution < 1.29 is 62.3 Å². The zero-order chi connectivity index (χ0) is 67.0. The van der Waals surface area contributed by atoms with Crippen LogP contribution >= 0.6 is 0 Å². The van der Waals surface area contributed by atoms with Crippen molar-refractivity contribution in [2.75, 3.05) is 54.1 Å². The molecule has 1 atom stereocenters. The summed E-state index contributed by atoms with van der Waals surface area (Å²) >= 11 is 0. The van der Waals surface area contributed by atoms with Crippen LogP contribution in [-0.4, -0.2) is 111 Å². The maximum atomic E-state index is 13.0. The second-order valence-corrected chi connectivity index (χ2v) is 21.0. The van der Waals surface area contributed by atoms with E-state index < -0.39 is 38.0 Å². The molecular formula is C72H75BF2N6O11. The maximum absolute atomic E-state index is 13.0. The Bertz CT molecular complexity index is 3820. The van der Waals surface area contributed by atoms with Gasteiger partial charge in [-0.1, -0.05) is 132 Å². The molecule has 4 aliphatic rings. The molecule has 0 radical (unpaired) electrons. The van der Waals surface area contributed by atoms with Crippen molar-refractivity contribution in [2.24, 2.45) is 17.2 Å². The molecule has 20 heteroatoms. The van der Waals surface area contributed by atoms with Gasteiger partial charge < -0.3 is 56.6 Å². The number of nitrogens with two attached hydrogens (primary N) is 3. The first-order valence-electron chi connectivity index (χ1n) is 30.7. The SMILES string of the molecule is NCCC(=O)N1Cc2ccccc2C#Cc2ccccc21.NCCOCCC(=O)CCCC(=O)N1Cc2ccccc2C#Cc2ccccc21.O=C(O)CCC(=O)N1Cc2ccccc2C#Cc2ccccc21.O=C(O)COC1CCC#CC(F)(F)CC1.[2H]B(O)CN. The number of hydrogen-bond donors (Lipinski definition) is 6. The van der Waals surface area contributed by atoms with Gasteiger partial charge >= 0.3 is 17.9 Å². The second kappa shape index (κ2) is 38.1. The van der Waals surface area contributed by atoms with Crippen LogP contribution in [0.25, 0.3) is 0 Å². The van der Waals surface area contributed by atoms with E-state index in [2.05, 4.69) is 41.4 Å². The van der Waals surface area contributed by atoms with Crippen LogP contribution < -0.4 is 31.9 Å². The predicted molar refractivity (Wildman–Crippen MR) is 351 cm³/mol. The highest BCUT2D eigenvalue weighted by Gasteiger charge is 2.29. The lowest BCUT2D eigenvalue weighted by Crippen LogP contribution is -2.33. The van der Waals surface area contributed by atoms with Gasteiger partial charge in [0.15, 0.2) is 0 Å². The van der Waals surface area contributed by atoms with Crippen LogP contribution in [0, 0.1) is 47.4 Å². The number of carbonyl (C=O) groups is 6. The molecule has 1 aliphatic carbocycles. The van der Waals surface area contributed by atoms with E-state index in [4.69, 9.17) is 43.2 Å². The summed E-state index contributed by atoms with van der Waals surface area (Å²) in [4.78, 5) is 76.2. The van der Waals surface area contributed by atoms with Gasteiger partial charge in [-0.15, -0.1) is 0 Å². The highest BCUT2D eigenvalue weighted by atomic mass is 19.3. The van der Waals surface area contributed by atoms with E-state index >= 15 is 0 Å². The average molecular weight is 1250 g/mol. The van der Waals surface area contributed by atoms with E-state index in [1.54, 1.807) is 14.7 Å². The highest BCUT2D eigenvalue weighted by Crippen LogP contribution is 2.30. The Morgan fingerprint density at radius 3 is 1.37 bits per heavy atom. The topological polar surface area (TPSA) is 269 Å². The third-order valence-corrected chi connectivity index (χ3v) is 14.3. The Morgan fingerprint density at radius 2 is 0.946 bits per heavy atom. The van der Waals surface area contributed by atoms with Gasteiger partial charge in [0.05, 0.1) is 62.4 Å². The molecule has 0 saturated heterocycles. The number of carbonyl (C=O) groups excluding carboxylic acids is 4. The molecule has 9 N–H and O–H groups in total. The largest absolute Gasteiger partial charge is 0.481 e. The Kier molecular flexibility index (Phi) is 28.9. The first-order chi connectivity index (χ1) is 44.9. The molecule has 3 amide bonds. The molecule has 1 unspecified atom stereocenters. The molecule has 6 aromatic carbocycles. The monoisotopic (exact) mass is 1250 g/mol. The number of amides is 3. The molecular weight excluding hydrogens is 1170 g/mol. The van der Waals surface area contributed by atoms with E-state index in [-0.39, 0.29) is 55.6 Å². The van der Waals surface area contributed by atoms with Crippen molar-refractivity contribution in [1.29, 1.82) is 1.34 Å². The fraction of sp³-hybridized carbons (Fsp3) is 0.306. The van der Waals surface area contributed by atoms with Crippen LogP contribution in [0.1, 0.15) is 121 Å². The summed E-state index contributed by atoms with van der Waals surface area (Å²) in [6, 6.07) is 46.4. The number of Topliss-reactive ketones (excluding diaryl/α,β-unsaturated/α-hetero) is 1. The minimum atomic E-state index is -2.97. The minimum absolute atomic E-state index is 0.00290. The molecule has 0 spiro atoms. The lowest BCUT2D eigenvalue weighted by Gasteiger charge is -2.26. The first-order valence-corrected chi connectivity index (χ1v) is 30.1. The van der Waals surface area contributed by atoms with Crippen LogP contribution in [0.15, 0.2) is 146 Å². The number of alkyl halides is 2. The Hall–Kier alpha value is -9.74. The van der Waals surface area contributed by atoms with Crippen molar-refractivity contribution in [3.8, 4) is 47.4 Å². The number of anilines is 3. The summed E-state index contributed by atoms with van der Waals surface area (Å²) in [5, 5.41) is 25.1. The predicted octanol–water partition coefficient (Wildman–Crippen LogP) is 8.03. The van der Waals surface area contributed by atoms with Gasteiger partial charge in [0, 0.05) is 92.8 Å². The maximum Gasteiger partial charge on any atom is 0.329 e. The van der Waals surface area contributed by atoms with Crippen molar-refractivity contribution >= 4 is 60.0 Å². The fourth-order valence-corrected chi connectivity index (χ4v) is 9.63. The molecule has 17 nitrogen and oxygen atoms in total. The summed E-state index contributed by atoms with van der Waals surface area (Å²) in [6.07, 6.45) is 1.93. The van der Waals surface area contributed by atoms with Crippen molar-refractivity contribution in [3.05, 3.63) is 196 Å². The number of ketones is 1. The number of fused-ring (bicyclic) bond motifs is 6. The van der Waals surface area contributed by atoms with Crippen LogP contribution in [0.5, 0.6) is 0 Å². The normalized spacial score (nSPS) is 14.1. The Balaban J connectivity index is 0.000000196. The quantitative estimate of drug-likeness (QED) is 0.0270. The average Bonchev–Trinajstić information content (AvgIpc) is 0.955. The van der Waals surface area contributed by atoms with Crippen LogP contribution in [-0.2, 0) is 57.9 Å². The fourth-order valence-electron chi connectivity index (χ4n) is 9.63. The lowest BCUT2D eigenvalue weighted by molar-refractivity contribution is -0.145. The third-order valence-electron chi connectivity index (χ3n) is 14.3. The molecule has 3 aliphatic heterocycles. The summed E-state index contributed by atoms with van der Waals surface area (Å²) in [6.45, 7) is 2.61. The van der Waals surface area contributed by atoms with Crippen LogP contribution in [0.2, 0.25) is 0 Å². The van der Waals surface area contributed by atoms with Gasteiger partial charge in [0.25, 0.3) is 7.45 Å². The van der Waals surface area contributed by atoms with Crippen molar-refractivity contribution in [3.63, 3.8) is 0 Å². The number of para-hydroxylation sites is 3. The highest BCUT2D eigenvalue weighted by molar-refractivity contribution is 6.25. The molecule has 3 heterocycles. The summed E-state index contributed by atoms with van der Waals surface area (Å²) in [7, 11) is -1.09. The van der Waals surface area contributed by atoms with E-state index in [1.165, 1.54) is 0 Å². The summed E-state index contributed by atoms with van der Waals surface area (Å²) in [5.74, 6) is 18.2. The van der Waals surface area contributed by atoms with Gasteiger partial charge in [-0.3, -0.25) is 24.0 Å². The lowest BCUT2D eigenvalue weighted by atomic mass is 10.0. The third kappa shape index (κ3) is 23.3. The smallest absolute Gasteiger partial charge is 0.329 e. The molecule has 92 heavy (non-hydrogen) atoms. The summed E-state index contributed by atoms with van der Waals surface area (Å²) < 4.78 is 42.2. The van der Waals surface area contributed by atoms with Crippen LogP contribution in [0.3, 0.4) is 0 Å². The Labute approximate surface area is 537 Å². The number of halogens is 2. The number of benzene rings is 6. The number of hydrogen-bond acceptors (Lipinski definition) is 12. The number of nitrogens with zero attached hydrogens (tertiary/aromatic N) is 3. The van der Waals surface area contributed by atoms with Gasteiger partial charge in [0.1, 0.15) is 12.4 Å². The van der Waals surface area contributed by atoms with E-state index in [0.717, 1.165) is 67.1 Å². The van der Waals surface area contributed by atoms with Gasteiger partial charge in [-0.25, -0.2) is 4.79 Å².